The van der Waals surface area contributed by atoms with Gasteiger partial charge in [-0.1, -0.05) is 0 Å². The van der Waals surface area contributed by atoms with E-state index in [1.165, 1.54) is 19.2 Å². The lowest BCUT2D eigenvalue weighted by atomic mass is 10.0. The van der Waals surface area contributed by atoms with E-state index in [1.54, 1.807) is 0 Å². The number of nitrogens with zero attached hydrogens (tertiary/aromatic N) is 2. The Morgan fingerprint density at radius 2 is 2.16 bits per heavy atom. The van der Waals surface area contributed by atoms with Crippen molar-refractivity contribution in [2.24, 2.45) is 5.92 Å². The Bertz CT molecular complexity index is 490. The average molecular weight is 259 g/mol. The Balaban J connectivity index is 1.57. The molecule has 1 unspecified atom stereocenters. The van der Waals surface area contributed by atoms with Gasteiger partial charge >= 0.3 is 0 Å². The highest BCUT2D eigenvalue weighted by Gasteiger charge is 2.13. The van der Waals surface area contributed by atoms with Crippen molar-refractivity contribution in [2.45, 2.75) is 12.8 Å². The highest BCUT2D eigenvalue weighted by atomic mass is 16.5. The summed E-state index contributed by atoms with van der Waals surface area (Å²) in [4.78, 5) is 0. The zero-order valence-corrected chi connectivity index (χ0v) is 10.7. The predicted octanol–water partition coefficient (Wildman–Crippen LogP) is 2.58. The van der Waals surface area contributed by atoms with Gasteiger partial charge in [0.05, 0.1) is 6.61 Å². The molecule has 1 saturated heterocycles. The molecule has 5 heteroatoms. The second kappa shape index (κ2) is 5.84. The maximum Gasteiger partial charge on any atom is 0.247 e. The number of benzene rings is 1. The van der Waals surface area contributed by atoms with E-state index in [1.807, 2.05) is 24.3 Å². The van der Waals surface area contributed by atoms with Gasteiger partial charge in [-0.3, -0.25) is 0 Å². The monoisotopic (exact) mass is 259 g/mol. The van der Waals surface area contributed by atoms with Crippen molar-refractivity contribution in [3.63, 3.8) is 0 Å². The van der Waals surface area contributed by atoms with E-state index < -0.39 is 0 Å². The first kappa shape index (κ1) is 12.2. The molecule has 19 heavy (non-hydrogen) atoms. The zero-order chi connectivity index (χ0) is 12.9. The molecule has 1 atom stereocenters. The molecule has 0 bridgehead atoms. The Hall–Kier alpha value is -1.88. The van der Waals surface area contributed by atoms with E-state index in [2.05, 4.69) is 15.5 Å². The minimum Gasteiger partial charge on any atom is -0.423 e. The molecule has 3 rings (SSSR count). The zero-order valence-electron chi connectivity index (χ0n) is 10.7. The van der Waals surface area contributed by atoms with E-state index in [4.69, 9.17) is 9.15 Å². The molecule has 0 saturated carbocycles. The van der Waals surface area contributed by atoms with Crippen LogP contribution in [0, 0.1) is 5.92 Å². The lowest BCUT2D eigenvalue weighted by Gasteiger charge is -2.22. The van der Waals surface area contributed by atoms with Crippen LogP contribution in [0.3, 0.4) is 0 Å². The molecule has 0 spiro atoms. The topological polar surface area (TPSA) is 60.2 Å². The molecule has 0 aliphatic carbocycles. The third kappa shape index (κ3) is 3.12. The summed E-state index contributed by atoms with van der Waals surface area (Å²) in [5.74, 6) is 1.16. The van der Waals surface area contributed by atoms with Gasteiger partial charge < -0.3 is 14.5 Å². The van der Waals surface area contributed by atoms with Crippen molar-refractivity contribution in [1.82, 2.24) is 10.2 Å². The molecule has 1 aromatic carbocycles. The van der Waals surface area contributed by atoms with Gasteiger partial charge in [-0.25, -0.2) is 0 Å². The van der Waals surface area contributed by atoms with Gasteiger partial charge in [-0.05, 0) is 43.0 Å². The van der Waals surface area contributed by atoms with Gasteiger partial charge in [0.2, 0.25) is 12.3 Å². The molecular weight excluding hydrogens is 242 g/mol. The van der Waals surface area contributed by atoms with Crippen LogP contribution in [0.2, 0.25) is 0 Å². The lowest BCUT2D eigenvalue weighted by Crippen LogP contribution is -2.24. The predicted molar refractivity (Wildman–Crippen MR) is 71.8 cm³/mol. The minimum atomic E-state index is 0.548. The molecular formula is C14H17N3O2. The van der Waals surface area contributed by atoms with E-state index in [0.29, 0.717) is 11.8 Å². The van der Waals surface area contributed by atoms with E-state index in [9.17, 15) is 0 Å². The lowest BCUT2D eigenvalue weighted by molar-refractivity contribution is 0.0595. The van der Waals surface area contributed by atoms with Crippen LogP contribution in [-0.4, -0.2) is 30.0 Å². The Labute approximate surface area is 112 Å². The van der Waals surface area contributed by atoms with Crippen LogP contribution in [0.25, 0.3) is 11.5 Å². The van der Waals surface area contributed by atoms with Crippen LogP contribution in [0.15, 0.2) is 35.1 Å². The molecule has 2 aromatic rings. The molecule has 100 valence electrons. The maximum atomic E-state index is 5.47. The van der Waals surface area contributed by atoms with Crippen LogP contribution >= 0.6 is 0 Å². The first-order valence-electron chi connectivity index (χ1n) is 6.60. The number of anilines is 1. The van der Waals surface area contributed by atoms with Crippen LogP contribution in [-0.2, 0) is 4.74 Å². The third-order valence-electron chi connectivity index (χ3n) is 3.34. The van der Waals surface area contributed by atoms with E-state index in [0.717, 1.165) is 31.0 Å². The second-order valence-electron chi connectivity index (χ2n) is 4.79. The summed E-state index contributed by atoms with van der Waals surface area (Å²) in [5, 5.41) is 11.0. The molecule has 1 aromatic heterocycles. The van der Waals surface area contributed by atoms with E-state index >= 15 is 0 Å². The summed E-state index contributed by atoms with van der Waals surface area (Å²) >= 11 is 0. The molecule has 0 amide bonds. The third-order valence-corrected chi connectivity index (χ3v) is 3.34. The Morgan fingerprint density at radius 1 is 1.26 bits per heavy atom. The van der Waals surface area contributed by atoms with Crippen LogP contribution in [0.1, 0.15) is 12.8 Å². The summed E-state index contributed by atoms with van der Waals surface area (Å²) in [6.45, 7) is 2.74. The van der Waals surface area contributed by atoms with Crippen molar-refractivity contribution < 1.29 is 9.15 Å². The van der Waals surface area contributed by atoms with Crippen molar-refractivity contribution in [3.05, 3.63) is 30.7 Å². The minimum absolute atomic E-state index is 0.548. The van der Waals surface area contributed by atoms with Gasteiger partial charge in [-0.2, -0.15) is 0 Å². The summed E-state index contributed by atoms with van der Waals surface area (Å²) in [5.41, 5.74) is 2.04. The normalized spacial score (nSPS) is 19.3. The number of rotatable bonds is 4. The van der Waals surface area contributed by atoms with Gasteiger partial charge in [-0.15, -0.1) is 10.2 Å². The average Bonchev–Trinajstić information content (AvgIpc) is 3.01. The smallest absolute Gasteiger partial charge is 0.247 e. The van der Waals surface area contributed by atoms with Crippen molar-refractivity contribution >= 4 is 5.69 Å². The molecule has 1 aliphatic heterocycles. The largest absolute Gasteiger partial charge is 0.423 e. The Morgan fingerprint density at radius 3 is 2.84 bits per heavy atom. The van der Waals surface area contributed by atoms with Crippen LogP contribution < -0.4 is 5.32 Å². The molecule has 5 nitrogen and oxygen atoms in total. The fraction of sp³-hybridized carbons (Fsp3) is 0.429. The molecule has 2 heterocycles. The summed E-state index contributed by atoms with van der Waals surface area (Å²) in [6, 6.07) is 8.02. The van der Waals surface area contributed by atoms with Gasteiger partial charge in [0.1, 0.15) is 0 Å². The highest BCUT2D eigenvalue weighted by molar-refractivity contribution is 5.58. The van der Waals surface area contributed by atoms with Crippen molar-refractivity contribution in [2.75, 3.05) is 25.1 Å². The second-order valence-corrected chi connectivity index (χ2v) is 4.79. The van der Waals surface area contributed by atoms with Crippen molar-refractivity contribution in [3.8, 4) is 11.5 Å². The first-order valence-corrected chi connectivity index (χ1v) is 6.60. The highest BCUT2D eigenvalue weighted by Crippen LogP contribution is 2.20. The number of hydrogen-bond donors (Lipinski definition) is 1. The van der Waals surface area contributed by atoms with Gasteiger partial charge in [0.15, 0.2) is 0 Å². The number of aromatic nitrogens is 2. The van der Waals surface area contributed by atoms with Gasteiger partial charge in [0.25, 0.3) is 0 Å². The summed E-state index contributed by atoms with van der Waals surface area (Å²) < 4.78 is 10.6. The molecule has 1 N–H and O–H groups in total. The number of hydrogen-bond acceptors (Lipinski definition) is 5. The first-order chi connectivity index (χ1) is 9.42. The number of nitrogens with one attached hydrogen (secondary N) is 1. The molecule has 1 fully saturated rings. The van der Waals surface area contributed by atoms with Crippen molar-refractivity contribution in [1.29, 1.82) is 0 Å². The fourth-order valence-electron chi connectivity index (χ4n) is 2.26. The standard InChI is InChI=1S/C14H17N3O2/c1-2-11(9-18-7-1)8-15-13-5-3-12(4-6-13)14-17-16-10-19-14/h3-6,10-11,15H,1-2,7-9H2. The SMILES string of the molecule is c1nnc(-c2ccc(NCC3CCCOC3)cc2)o1. The van der Waals surface area contributed by atoms with Crippen LogP contribution in [0.5, 0.6) is 0 Å². The summed E-state index contributed by atoms with van der Waals surface area (Å²) in [7, 11) is 0. The Kier molecular flexibility index (Phi) is 3.74. The number of ether oxygens (including phenoxy) is 1. The van der Waals surface area contributed by atoms with E-state index in [-0.39, 0.29) is 0 Å². The fourth-order valence-corrected chi connectivity index (χ4v) is 2.26. The molecule has 0 radical (unpaired) electrons. The summed E-state index contributed by atoms with van der Waals surface area (Å²) in [6.07, 6.45) is 3.75. The van der Waals surface area contributed by atoms with Gasteiger partial charge in [0, 0.05) is 24.4 Å². The quantitative estimate of drug-likeness (QED) is 0.914. The maximum absolute atomic E-state index is 5.47. The van der Waals surface area contributed by atoms with Crippen LogP contribution in [0.4, 0.5) is 5.69 Å². The molecule has 1 aliphatic rings.